The van der Waals surface area contributed by atoms with Gasteiger partial charge in [0.05, 0.1) is 12.0 Å². The molecule has 0 rings (SSSR count). The number of amides is 1. The fourth-order valence-electron chi connectivity index (χ4n) is 1.77. The highest BCUT2D eigenvalue weighted by Crippen LogP contribution is 2.09. The van der Waals surface area contributed by atoms with Gasteiger partial charge in [-0.3, -0.25) is 9.59 Å². The summed E-state index contributed by atoms with van der Waals surface area (Å²) in [5, 5.41) is 14.7. The van der Waals surface area contributed by atoms with Gasteiger partial charge in [0.25, 0.3) is 0 Å². The SMILES string of the molecule is C=CCNC(=O)C(C)NC(C)CCCC(C)C(=O)O. The van der Waals surface area contributed by atoms with Crippen LogP contribution >= 0.6 is 0 Å². The van der Waals surface area contributed by atoms with Gasteiger partial charge in [-0.25, -0.2) is 0 Å². The van der Waals surface area contributed by atoms with Crippen molar-refractivity contribution in [3.63, 3.8) is 0 Å². The normalized spacial score (nSPS) is 15.3. The Kier molecular flexibility index (Phi) is 8.87. The van der Waals surface area contributed by atoms with Gasteiger partial charge in [-0.1, -0.05) is 19.4 Å². The standard InChI is InChI=1S/C14H26N2O3/c1-5-9-15-13(17)12(4)16-11(3)8-6-7-10(2)14(18)19/h5,10-12,16H,1,6-9H2,2-4H3,(H,15,17)(H,18,19). The van der Waals surface area contributed by atoms with Crippen molar-refractivity contribution in [2.75, 3.05) is 6.54 Å². The average molecular weight is 270 g/mol. The molecule has 0 aromatic rings. The van der Waals surface area contributed by atoms with Crippen molar-refractivity contribution in [3.05, 3.63) is 12.7 Å². The number of carbonyl (C=O) groups is 2. The van der Waals surface area contributed by atoms with Gasteiger partial charge in [-0.2, -0.15) is 0 Å². The van der Waals surface area contributed by atoms with E-state index in [1.54, 1.807) is 13.0 Å². The van der Waals surface area contributed by atoms with Crippen LogP contribution in [0, 0.1) is 5.92 Å². The molecule has 0 radical (unpaired) electrons. The van der Waals surface area contributed by atoms with E-state index in [9.17, 15) is 9.59 Å². The minimum atomic E-state index is -0.752. The topological polar surface area (TPSA) is 78.4 Å². The van der Waals surface area contributed by atoms with Crippen LogP contribution in [0.15, 0.2) is 12.7 Å². The zero-order chi connectivity index (χ0) is 14.8. The van der Waals surface area contributed by atoms with E-state index in [1.165, 1.54) is 0 Å². The molecule has 5 nitrogen and oxygen atoms in total. The fraction of sp³-hybridized carbons (Fsp3) is 0.714. The Morgan fingerprint density at radius 3 is 2.42 bits per heavy atom. The van der Waals surface area contributed by atoms with Gasteiger partial charge in [-0.05, 0) is 26.7 Å². The minimum Gasteiger partial charge on any atom is -0.481 e. The van der Waals surface area contributed by atoms with Crippen LogP contribution in [0.3, 0.4) is 0 Å². The zero-order valence-electron chi connectivity index (χ0n) is 12.1. The molecule has 0 bridgehead atoms. The lowest BCUT2D eigenvalue weighted by molar-refractivity contribution is -0.141. The Balaban J connectivity index is 3.84. The summed E-state index contributed by atoms with van der Waals surface area (Å²) >= 11 is 0. The van der Waals surface area contributed by atoms with E-state index in [4.69, 9.17) is 5.11 Å². The molecule has 0 aliphatic rings. The lowest BCUT2D eigenvalue weighted by Crippen LogP contribution is -2.45. The second-order valence-corrected chi connectivity index (χ2v) is 4.99. The maximum absolute atomic E-state index is 11.6. The van der Waals surface area contributed by atoms with Gasteiger partial charge in [0.15, 0.2) is 0 Å². The molecule has 0 aliphatic carbocycles. The summed E-state index contributed by atoms with van der Waals surface area (Å²) in [7, 11) is 0. The van der Waals surface area contributed by atoms with Crippen LogP contribution in [-0.4, -0.2) is 35.6 Å². The zero-order valence-corrected chi connectivity index (χ0v) is 12.1. The summed E-state index contributed by atoms with van der Waals surface area (Å²) in [6.45, 7) is 9.54. The molecule has 0 aromatic heterocycles. The third-order valence-electron chi connectivity index (χ3n) is 3.04. The molecule has 0 spiro atoms. The lowest BCUT2D eigenvalue weighted by atomic mass is 10.0. The van der Waals surface area contributed by atoms with Crippen molar-refractivity contribution < 1.29 is 14.7 Å². The number of aliphatic carboxylic acids is 1. The first-order valence-corrected chi connectivity index (χ1v) is 6.76. The molecule has 3 atom stereocenters. The summed E-state index contributed by atoms with van der Waals surface area (Å²) in [6.07, 6.45) is 4.00. The summed E-state index contributed by atoms with van der Waals surface area (Å²) < 4.78 is 0. The van der Waals surface area contributed by atoms with E-state index in [0.29, 0.717) is 13.0 Å². The van der Waals surface area contributed by atoms with Crippen LogP contribution in [-0.2, 0) is 9.59 Å². The Labute approximate surface area is 115 Å². The summed E-state index contributed by atoms with van der Waals surface area (Å²) in [6, 6.07) is -0.0719. The molecule has 0 aliphatic heterocycles. The second-order valence-electron chi connectivity index (χ2n) is 4.99. The second kappa shape index (κ2) is 9.55. The summed E-state index contributed by atoms with van der Waals surface area (Å²) in [5.41, 5.74) is 0. The first kappa shape index (κ1) is 17.6. The Bertz CT molecular complexity index is 305. The molecule has 3 unspecified atom stereocenters. The summed E-state index contributed by atoms with van der Waals surface area (Å²) in [4.78, 5) is 22.3. The third kappa shape index (κ3) is 8.37. The van der Waals surface area contributed by atoms with Gasteiger partial charge in [0.1, 0.15) is 0 Å². The van der Waals surface area contributed by atoms with Crippen LogP contribution in [0.2, 0.25) is 0 Å². The van der Waals surface area contributed by atoms with E-state index < -0.39 is 5.97 Å². The van der Waals surface area contributed by atoms with E-state index in [1.807, 2.05) is 13.8 Å². The number of hydrogen-bond acceptors (Lipinski definition) is 3. The Hall–Kier alpha value is -1.36. The molecule has 0 saturated heterocycles. The van der Waals surface area contributed by atoms with E-state index >= 15 is 0 Å². The highest BCUT2D eigenvalue weighted by atomic mass is 16.4. The van der Waals surface area contributed by atoms with E-state index in [2.05, 4.69) is 17.2 Å². The van der Waals surface area contributed by atoms with Gasteiger partial charge >= 0.3 is 5.97 Å². The van der Waals surface area contributed by atoms with Crippen molar-refractivity contribution in [2.24, 2.45) is 5.92 Å². The van der Waals surface area contributed by atoms with Crippen molar-refractivity contribution in [3.8, 4) is 0 Å². The fourth-order valence-corrected chi connectivity index (χ4v) is 1.77. The molecule has 110 valence electrons. The van der Waals surface area contributed by atoms with Crippen LogP contribution in [0.4, 0.5) is 0 Å². The quantitative estimate of drug-likeness (QED) is 0.526. The third-order valence-corrected chi connectivity index (χ3v) is 3.04. The van der Waals surface area contributed by atoms with Gasteiger partial charge in [0, 0.05) is 12.6 Å². The number of carbonyl (C=O) groups excluding carboxylic acids is 1. The van der Waals surface area contributed by atoms with Crippen molar-refractivity contribution in [1.29, 1.82) is 0 Å². The molecule has 1 amide bonds. The maximum Gasteiger partial charge on any atom is 0.306 e. The number of carboxylic acids is 1. The molecule has 3 N–H and O–H groups in total. The van der Waals surface area contributed by atoms with Crippen molar-refractivity contribution in [2.45, 2.75) is 52.1 Å². The van der Waals surface area contributed by atoms with Crippen LogP contribution < -0.4 is 10.6 Å². The predicted octanol–water partition coefficient (Wildman–Crippen LogP) is 1.55. The minimum absolute atomic E-state index is 0.0503. The largest absolute Gasteiger partial charge is 0.481 e. The van der Waals surface area contributed by atoms with E-state index in [0.717, 1.165) is 12.8 Å². The molecule has 0 fully saturated rings. The summed E-state index contributed by atoms with van der Waals surface area (Å²) in [5.74, 6) is -1.11. The van der Waals surface area contributed by atoms with E-state index in [-0.39, 0.29) is 23.9 Å². The van der Waals surface area contributed by atoms with Crippen molar-refractivity contribution in [1.82, 2.24) is 10.6 Å². The average Bonchev–Trinajstić information content (AvgIpc) is 2.35. The van der Waals surface area contributed by atoms with Crippen LogP contribution in [0.5, 0.6) is 0 Å². The van der Waals surface area contributed by atoms with Crippen LogP contribution in [0.1, 0.15) is 40.0 Å². The Morgan fingerprint density at radius 2 is 1.89 bits per heavy atom. The monoisotopic (exact) mass is 270 g/mol. The number of rotatable bonds is 10. The Morgan fingerprint density at radius 1 is 1.26 bits per heavy atom. The molecule has 5 heteroatoms. The number of nitrogens with one attached hydrogen (secondary N) is 2. The first-order valence-electron chi connectivity index (χ1n) is 6.76. The molecule has 0 saturated carbocycles. The van der Waals surface area contributed by atoms with Gasteiger partial charge < -0.3 is 15.7 Å². The highest BCUT2D eigenvalue weighted by Gasteiger charge is 2.15. The molecule has 0 aromatic carbocycles. The van der Waals surface area contributed by atoms with Crippen molar-refractivity contribution >= 4 is 11.9 Å². The predicted molar refractivity (Wildman–Crippen MR) is 75.9 cm³/mol. The number of carboxylic acid groups (broad SMARTS) is 1. The smallest absolute Gasteiger partial charge is 0.306 e. The highest BCUT2D eigenvalue weighted by molar-refractivity contribution is 5.81. The van der Waals surface area contributed by atoms with Gasteiger partial charge in [0.2, 0.25) is 5.91 Å². The van der Waals surface area contributed by atoms with Gasteiger partial charge in [-0.15, -0.1) is 6.58 Å². The molecular weight excluding hydrogens is 244 g/mol. The molecule has 0 heterocycles. The first-order chi connectivity index (χ1) is 8.88. The molecule has 19 heavy (non-hydrogen) atoms. The number of hydrogen-bond donors (Lipinski definition) is 3. The lowest BCUT2D eigenvalue weighted by Gasteiger charge is -2.19. The maximum atomic E-state index is 11.6. The van der Waals surface area contributed by atoms with Crippen LogP contribution in [0.25, 0.3) is 0 Å². The molecular formula is C14H26N2O3.